The monoisotopic (exact) mass is 905 g/mol. The topological polar surface area (TPSA) is 274 Å². The number of pyridine rings is 2. The zero-order valence-corrected chi connectivity index (χ0v) is 34.5. The van der Waals surface area contributed by atoms with Crippen LogP contribution in [-0.4, -0.2) is 103 Å². The van der Waals surface area contributed by atoms with Crippen LogP contribution in [0.25, 0.3) is 33.2 Å². The normalized spacial score (nSPS) is 11.2. The van der Waals surface area contributed by atoms with Gasteiger partial charge in [-0.2, -0.15) is 20.4 Å². The Bertz CT molecular complexity index is 3140. The van der Waals surface area contributed by atoms with Gasteiger partial charge in [0, 0.05) is 38.0 Å². The van der Waals surface area contributed by atoms with Crippen molar-refractivity contribution in [2.24, 2.45) is 5.73 Å². The molecule has 6 heterocycles. The molecule has 1 amide bonds. The highest BCUT2D eigenvalue weighted by atomic mass is 32.2. The second-order valence-electron chi connectivity index (χ2n) is 12.8. The van der Waals surface area contributed by atoms with E-state index >= 15 is 0 Å². The van der Waals surface area contributed by atoms with Gasteiger partial charge in [-0.15, -0.1) is 10.2 Å². The number of carboxylic acid groups (broad SMARTS) is 1. The largest absolute Gasteiger partial charge is 0.476 e. The summed E-state index contributed by atoms with van der Waals surface area (Å²) in [7, 11) is -7.65. The zero-order valence-electron chi connectivity index (χ0n) is 33.9. The maximum absolute atomic E-state index is 13.2. The summed E-state index contributed by atoms with van der Waals surface area (Å²) in [5, 5.41) is 35.9. The van der Waals surface area contributed by atoms with Gasteiger partial charge in [-0.1, -0.05) is 0 Å². The standard InChI is InChI=1S/C19H15FN6O3S.C12H7FN4O2.C7H10N2O2S.CH3F/c1-30(28,29)17-8-12(6-7-21-17)9-22-19(27)18-15-10-24-26(16(15)11-23-25-18)14-4-2-13(20)3-5-14;13-7-1-3-8(4-2-7)17-10-6-14-16-11(12(18)19)9(10)5-15-17;1-12(10,11)7-4-6(5-8)2-3-9-7;1-2/h2-8,10-11H,9H2,1H3,(H,22,27);1-6H,(H,18,19);2-4H,5,8H2,1H3;1H3/i;;;1D. The number of fused-ring (bicyclic) bond motifs is 2. The number of rotatable bonds is 9. The van der Waals surface area contributed by atoms with Crippen molar-refractivity contribution in [1.29, 1.82) is 0 Å². The number of sulfone groups is 2. The highest BCUT2D eigenvalue weighted by Gasteiger charge is 2.18. The Morgan fingerprint density at radius 1 is 0.714 bits per heavy atom. The number of benzene rings is 2. The summed E-state index contributed by atoms with van der Waals surface area (Å²) in [5.74, 6) is -2.39. The number of halogens is 3. The van der Waals surface area contributed by atoms with Gasteiger partial charge in [0.25, 0.3) is 5.91 Å². The van der Waals surface area contributed by atoms with Gasteiger partial charge in [0.05, 0.1) is 66.5 Å². The number of nitrogens with one attached hydrogen (secondary N) is 1. The Balaban J connectivity index is 0.000000193. The lowest BCUT2D eigenvalue weighted by Crippen LogP contribution is -2.24. The highest BCUT2D eigenvalue weighted by molar-refractivity contribution is 7.90. The number of amides is 1. The molecule has 0 radical (unpaired) electrons. The van der Waals surface area contributed by atoms with Crippen LogP contribution in [-0.2, 0) is 32.8 Å². The summed E-state index contributed by atoms with van der Waals surface area (Å²) in [6, 6.07) is 17.6. The molecule has 8 aromatic rings. The maximum atomic E-state index is 13.2. The van der Waals surface area contributed by atoms with Crippen molar-refractivity contribution in [1.82, 2.24) is 55.2 Å². The number of hydrogen-bond donors (Lipinski definition) is 3. The smallest absolute Gasteiger partial charge is 0.357 e. The van der Waals surface area contributed by atoms with E-state index in [2.05, 4.69) is 45.9 Å². The molecule has 6 aromatic heterocycles. The number of carboxylic acids is 1. The summed E-state index contributed by atoms with van der Waals surface area (Å²) in [6.45, 7) is 0.402. The molecule has 0 saturated heterocycles. The molecule has 8 rings (SSSR count). The van der Waals surface area contributed by atoms with Crippen LogP contribution in [0.2, 0.25) is 0 Å². The molecular formula is C39H35F3N12O7S2. The van der Waals surface area contributed by atoms with Gasteiger partial charge in [-0.25, -0.2) is 49.7 Å². The summed E-state index contributed by atoms with van der Waals surface area (Å²) in [5.41, 5.74) is 8.84. The van der Waals surface area contributed by atoms with Crippen molar-refractivity contribution in [2.75, 3.05) is 19.7 Å². The molecule has 24 heteroatoms. The number of carbonyl (C=O) groups is 2. The fourth-order valence-electron chi connectivity index (χ4n) is 5.43. The van der Waals surface area contributed by atoms with Gasteiger partial charge >= 0.3 is 5.97 Å². The first-order valence-electron chi connectivity index (χ1n) is 18.4. The van der Waals surface area contributed by atoms with Crippen molar-refractivity contribution in [3.63, 3.8) is 0 Å². The number of aromatic carboxylic acids is 1. The second-order valence-corrected chi connectivity index (χ2v) is 16.7. The number of nitrogens with zero attached hydrogens (tertiary/aromatic N) is 10. The van der Waals surface area contributed by atoms with E-state index in [1.165, 1.54) is 82.9 Å². The molecule has 0 spiro atoms. The molecule has 19 nitrogen and oxygen atoms in total. The zero-order chi connectivity index (χ0) is 46.6. The molecule has 0 fully saturated rings. The van der Waals surface area contributed by atoms with E-state index in [0.717, 1.165) is 18.1 Å². The summed E-state index contributed by atoms with van der Waals surface area (Å²) in [4.78, 5) is 31.2. The molecular weight excluding hydrogens is 870 g/mol. The molecule has 63 heavy (non-hydrogen) atoms. The van der Waals surface area contributed by atoms with Gasteiger partial charge in [-0.05, 0) is 83.9 Å². The average molecular weight is 906 g/mol. The lowest BCUT2D eigenvalue weighted by atomic mass is 10.2. The number of aromatic nitrogens is 10. The van der Waals surface area contributed by atoms with E-state index in [-0.39, 0.29) is 39.6 Å². The Labute approximate surface area is 357 Å². The van der Waals surface area contributed by atoms with Crippen molar-refractivity contribution >= 4 is 53.4 Å². The molecule has 326 valence electrons. The van der Waals surface area contributed by atoms with Gasteiger partial charge in [0.15, 0.2) is 41.1 Å². The minimum atomic E-state index is -3.45. The van der Waals surface area contributed by atoms with Gasteiger partial charge < -0.3 is 16.2 Å². The number of alkyl halides is 1. The summed E-state index contributed by atoms with van der Waals surface area (Å²) >= 11 is 0. The predicted octanol–water partition coefficient (Wildman–Crippen LogP) is 3.87. The van der Waals surface area contributed by atoms with Crippen molar-refractivity contribution in [3.8, 4) is 11.4 Å². The first-order valence-corrected chi connectivity index (χ1v) is 21.5. The number of carbonyl (C=O) groups excluding carboxylic acids is 1. The fraction of sp³-hybridized carbons (Fsp3) is 0.128. The SMILES string of the molecule is CS(=O)(=O)c1cc(CN)ccn1.CS(=O)(=O)c1cc(CNC(=O)c2nncc3c2cnn3-c2ccc(F)cc2)ccn1.O=C(O)c1nncc2c1cnn2-c1ccc(F)cc1.[2H]CF. The van der Waals surface area contributed by atoms with E-state index in [4.69, 9.17) is 12.2 Å². The molecule has 0 atom stereocenters. The predicted molar refractivity (Wildman–Crippen MR) is 221 cm³/mol. The van der Waals surface area contributed by atoms with Gasteiger partial charge in [-0.3, -0.25) is 9.18 Å². The van der Waals surface area contributed by atoms with Crippen molar-refractivity contribution < 1.29 is 46.1 Å². The third-order valence-corrected chi connectivity index (χ3v) is 10.4. The summed E-state index contributed by atoms with van der Waals surface area (Å²) < 4.78 is 89.8. The Kier molecular flexibility index (Phi) is 14.5. The van der Waals surface area contributed by atoms with Crippen molar-refractivity contribution in [3.05, 3.63) is 144 Å². The van der Waals surface area contributed by atoms with Crippen LogP contribution in [0.3, 0.4) is 0 Å². The maximum Gasteiger partial charge on any atom is 0.357 e. The Hall–Kier alpha value is -7.57. The summed E-state index contributed by atoms with van der Waals surface area (Å²) in [6.07, 6.45) is 10.8. The lowest BCUT2D eigenvalue weighted by Gasteiger charge is -2.07. The molecule has 0 saturated carbocycles. The van der Waals surface area contributed by atoms with E-state index in [1.807, 2.05) is 0 Å². The van der Waals surface area contributed by atoms with Crippen molar-refractivity contribution in [2.45, 2.75) is 23.1 Å². The van der Waals surface area contributed by atoms with Crippen LogP contribution in [0.4, 0.5) is 13.2 Å². The first kappa shape index (κ1) is 45.0. The quantitative estimate of drug-likeness (QED) is 0.185. The lowest BCUT2D eigenvalue weighted by molar-refractivity contribution is 0.0691. The Morgan fingerprint density at radius 3 is 1.59 bits per heavy atom. The number of nitrogens with two attached hydrogens (primary N) is 1. The molecule has 0 aliphatic rings. The Morgan fingerprint density at radius 2 is 1.14 bits per heavy atom. The van der Waals surface area contributed by atoms with Gasteiger partial charge in [0.1, 0.15) is 11.6 Å². The van der Waals surface area contributed by atoms with Crippen LogP contribution < -0.4 is 11.1 Å². The van der Waals surface area contributed by atoms with Crippen LogP contribution in [0, 0.1) is 11.6 Å². The number of hydrogen-bond acceptors (Lipinski definition) is 15. The van der Waals surface area contributed by atoms with Crippen LogP contribution in [0.15, 0.2) is 120 Å². The molecule has 0 aliphatic carbocycles. The van der Waals surface area contributed by atoms with E-state index in [9.17, 15) is 39.6 Å². The van der Waals surface area contributed by atoms with Crippen LogP contribution in [0.5, 0.6) is 0 Å². The molecule has 4 N–H and O–H groups in total. The van der Waals surface area contributed by atoms with Crippen LogP contribution in [0.1, 0.15) is 33.5 Å². The average Bonchev–Trinajstić information content (AvgIpc) is 3.92. The molecule has 0 bridgehead atoms. The third kappa shape index (κ3) is 11.6. The van der Waals surface area contributed by atoms with E-state index < -0.39 is 38.7 Å². The molecule has 0 unspecified atom stereocenters. The fourth-order valence-corrected chi connectivity index (χ4v) is 6.67. The minimum Gasteiger partial charge on any atom is -0.476 e. The van der Waals surface area contributed by atoms with Gasteiger partial charge in [0.2, 0.25) is 0 Å². The molecule has 2 aromatic carbocycles. The molecule has 0 aliphatic heterocycles. The minimum absolute atomic E-state index is 0.0678. The highest BCUT2D eigenvalue weighted by Crippen LogP contribution is 2.21. The second kappa shape index (κ2) is 20.3. The third-order valence-electron chi connectivity index (χ3n) is 8.41. The first-order chi connectivity index (χ1) is 30.4. The van der Waals surface area contributed by atoms with Crippen LogP contribution >= 0.6 is 0 Å². The van der Waals surface area contributed by atoms with E-state index in [0.29, 0.717) is 45.3 Å². The van der Waals surface area contributed by atoms with E-state index in [1.54, 1.807) is 36.4 Å².